The number of aliphatic hydroxyl groups excluding tert-OH is 2. The average Bonchev–Trinajstić information content (AvgIpc) is 2.98. The Bertz CT molecular complexity index is 524. The SMILES string of the molecule is CC[C@]12CCC(O)C[C@H]1C[C@H](O)[C@@H]1C2CC[C@@]2(C)C1CC[C@@H]2C(C)CF. The van der Waals surface area contributed by atoms with Crippen molar-refractivity contribution in [2.45, 2.75) is 90.8 Å². The van der Waals surface area contributed by atoms with Gasteiger partial charge < -0.3 is 10.2 Å². The predicted octanol–water partition coefficient (Wildman–Crippen LogP) is 4.97. The maximum atomic E-state index is 13.5. The molecule has 2 N–H and O–H groups in total. The molecule has 3 heteroatoms. The van der Waals surface area contributed by atoms with Gasteiger partial charge in [0.1, 0.15) is 0 Å². The van der Waals surface area contributed by atoms with Gasteiger partial charge in [-0.1, -0.05) is 20.8 Å². The van der Waals surface area contributed by atoms with Crippen molar-refractivity contribution in [1.29, 1.82) is 0 Å². The number of rotatable bonds is 3. The van der Waals surface area contributed by atoms with Gasteiger partial charge in [0.05, 0.1) is 18.9 Å². The number of alkyl halides is 1. The number of fused-ring (bicyclic) bond motifs is 5. The molecular formula is C23H39FO2. The zero-order valence-corrected chi connectivity index (χ0v) is 17.0. The van der Waals surface area contributed by atoms with Crippen LogP contribution in [0.15, 0.2) is 0 Å². The third-order valence-electron chi connectivity index (χ3n) is 10.0. The van der Waals surface area contributed by atoms with Gasteiger partial charge in [0.25, 0.3) is 0 Å². The summed E-state index contributed by atoms with van der Waals surface area (Å²) in [6.07, 6.45) is 9.36. The first kappa shape index (κ1) is 19.2. The summed E-state index contributed by atoms with van der Waals surface area (Å²) >= 11 is 0. The molecule has 0 radical (unpaired) electrons. The van der Waals surface area contributed by atoms with E-state index < -0.39 is 0 Å². The van der Waals surface area contributed by atoms with E-state index in [0.717, 1.165) is 32.1 Å². The molecule has 150 valence electrons. The lowest BCUT2D eigenvalue weighted by atomic mass is 9.42. The second-order valence-corrected chi connectivity index (χ2v) is 10.7. The third kappa shape index (κ3) is 2.55. The monoisotopic (exact) mass is 366 g/mol. The zero-order chi connectivity index (χ0) is 18.7. The molecule has 0 saturated heterocycles. The molecule has 4 aliphatic carbocycles. The van der Waals surface area contributed by atoms with E-state index in [0.29, 0.717) is 35.0 Å². The minimum absolute atomic E-state index is 0.153. The number of aliphatic hydroxyl groups is 2. The number of halogens is 1. The van der Waals surface area contributed by atoms with E-state index in [1.54, 1.807) is 0 Å². The fraction of sp³-hybridized carbons (Fsp3) is 1.00. The number of hydrogen-bond acceptors (Lipinski definition) is 2. The minimum atomic E-state index is -0.223. The van der Waals surface area contributed by atoms with Crippen LogP contribution in [0.25, 0.3) is 0 Å². The number of hydrogen-bond donors (Lipinski definition) is 2. The Morgan fingerprint density at radius 1 is 1.04 bits per heavy atom. The van der Waals surface area contributed by atoms with Gasteiger partial charge in [-0.2, -0.15) is 0 Å². The van der Waals surface area contributed by atoms with Crippen molar-refractivity contribution < 1.29 is 14.6 Å². The van der Waals surface area contributed by atoms with Crippen molar-refractivity contribution in [3.8, 4) is 0 Å². The molecular weight excluding hydrogens is 327 g/mol. The van der Waals surface area contributed by atoms with Crippen LogP contribution < -0.4 is 0 Å². The summed E-state index contributed by atoms with van der Waals surface area (Å²) in [6, 6.07) is 0. The van der Waals surface area contributed by atoms with Gasteiger partial charge in [-0.05, 0) is 104 Å². The first-order valence-corrected chi connectivity index (χ1v) is 11.3. The second-order valence-electron chi connectivity index (χ2n) is 10.7. The predicted molar refractivity (Wildman–Crippen MR) is 102 cm³/mol. The van der Waals surface area contributed by atoms with E-state index in [-0.39, 0.29) is 30.2 Å². The minimum Gasteiger partial charge on any atom is -0.393 e. The van der Waals surface area contributed by atoms with Crippen molar-refractivity contribution in [2.75, 3.05) is 6.67 Å². The molecule has 4 fully saturated rings. The van der Waals surface area contributed by atoms with Crippen LogP contribution >= 0.6 is 0 Å². The average molecular weight is 367 g/mol. The molecule has 4 unspecified atom stereocenters. The summed E-state index contributed by atoms with van der Waals surface area (Å²) in [4.78, 5) is 0. The van der Waals surface area contributed by atoms with Crippen LogP contribution in [0.4, 0.5) is 4.39 Å². The summed E-state index contributed by atoms with van der Waals surface area (Å²) in [5.74, 6) is 2.68. The second kappa shape index (κ2) is 6.72. The van der Waals surface area contributed by atoms with E-state index >= 15 is 0 Å². The Morgan fingerprint density at radius 3 is 2.50 bits per heavy atom. The lowest BCUT2D eigenvalue weighted by molar-refractivity contribution is -0.182. The lowest BCUT2D eigenvalue weighted by Gasteiger charge is -2.63. The molecule has 0 amide bonds. The van der Waals surface area contributed by atoms with Gasteiger partial charge in [-0.3, -0.25) is 4.39 Å². The van der Waals surface area contributed by atoms with Gasteiger partial charge in [-0.25, -0.2) is 0 Å². The molecule has 26 heavy (non-hydrogen) atoms. The van der Waals surface area contributed by atoms with Crippen molar-refractivity contribution >= 4 is 0 Å². The Morgan fingerprint density at radius 2 is 1.81 bits per heavy atom. The summed E-state index contributed by atoms with van der Waals surface area (Å²) in [5.41, 5.74) is 0.540. The summed E-state index contributed by atoms with van der Waals surface area (Å²) in [7, 11) is 0. The van der Waals surface area contributed by atoms with Crippen molar-refractivity contribution in [2.24, 2.45) is 46.3 Å². The maximum Gasteiger partial charge on any atom is 0.0922 e. The summed E-state index contributed by atoms with van der Waals surface area (Å²) < 4.78 is 13.5. The molecule has 0 aliphatic heterocycles. The first-order chi connectivity index (χ1) is 12.4. The highest BCUT2D eigenvalue weighted by Gasteiger charge is 2.63. The van der Waals surface area contributed by atoms with Gasteiger partial charge in [0, 0.05) is 0 Å². The molecule has 0 bridgehead atoms. The highest BCUT2D eigenvalue weighted by atomic mass is 19.1. The van der Waals surface area contributed by atoms with E-state index in [4.69, 9.17) is 0 Å². The Hall–Kier alpha value is -0.150. The summed E-state index contributed by atoms with van der Waals surface area (Å²) in [5, 5.41) is 21.5. The van der Waals surface area contributed by atoms with Gasteiger partial charge >= 0.3 is 0 Å². The van der Waals surface area contributed by atoms with Crippen LogP contribution in [0.5, 0.6) is 0 Å². The zero-order valence-electron chi connectivity index (χ0n) is 17.0. The molecule has 0 spiro atoms. The highest BCUT2D eigenvalue weighted by Crippen LogP contribution is 2.69. The van der Waals surface area contributed by atoms with Gasteiger partial charge in [-0.15, -0.1) is 0 Å². The van der Waals surface area contributed by atoms with Crippen molar-refractivity contribution in [3.05, 3.63) is 0 Å². The Kier molecular flexibility index (Phi) is 4.96. The van der Waals surface area contributed by atoms with E-state index in [2.05, 4.69) is 20.8 Å². The van der Waals surface area contributed by atoms with E-state index in [9.17, 15) is 14.6 Å². The van der Waals surface area contributed by atoms with Crippen LogP contribution in [-0.4, -0.2) is 29.1 Å². The molecule has 0 aromatic carbocycles. The molecule has 2 nitrogen and oxygen atoms in total. The topological polar surface area (TPSA) is 40.5 Å². The normalized spacial score (nSPS) is 54.9. The van der Waals surface area contributed by atoms with Crippen LogP contribution in [0, 0.1) is 46.3 Å². The summed E-state index contributed by atoms with van der Waals surface area (Å²) in [6.45, 7) is 6.64. The maximum absolute atomic E-state index is 13.5. The van der Waals surface area contributed by atoms with Gasteiger partial charge in [0.15, 0.2) is 0 Å². The molecule has 0 heterocycles. The van der Waals surface area contributed by atoms with Crippen LogP contribution in [-0.2, 0) is 0 Å². The largest absolute Gasteiger partial charge is 0.393 e. The Labute approximate surface area is 158 Å². The third-order valence-corrected chi connectivity index (χ3v) is 10.0. The smallest absolute Gasteiger partial charge is 0.0922 e. The highest BCUT2D eigenvalue weighted by molar-refractivity contribution is 5.12. The fourth-order valence-corrected chi connectivity index (χ4v) is 8.80. The molecule has 10 atom stereocenters. The standard InChI is InChI=1S/C23H39FO2/c1-4-23-10-7-16(25)11-15(23)12-20(26)21-18-6-5-17(14(2)13-24)22(18,3)9-8-19(21)23/h14-21,25-26H,4-13H2,1-3H3/t14?,15-,16?,17+,18?,19?,20-,21-,22+,23-/m0/s1. The van der Waals surface area contributed by atoms with Crippen LogP contribution in [0.3, 0.4) is 0 Å². The van der Waals surface area contributed by atoms with Gasteiger partial charge in [0.2, 0.25) is 0 Å². The van der Waals surface area contributed by atoms with E-state index in [1.165, 1.54) is 25.7 Å². The van der Waals surface area contributed by atoms with Crippen molar-refractivity contribution in [1.82, 2.24) is 0 Å². The Balaban J connectivity index is 1.66. The molecule has 4 rings (SSSR count). The molecule has 4 aliphatic rings. The van der Waals surface area contributed by atoms with Crippen LogP contribution in [0.1, 0.15) is 78.6 Å². The molecule has 4 saturated carbocycles. The quantitative estimate of drug-likeness (QED) is 0.740. The van der Waals surface area contributed by atoms with Crippen LogP contribution in [0.2, 0.25) is 0 Å². The lowest BCUT2D eigenvalue weighted by Crippen LogP contribution is -2.59. The first-order valence-electron chi connectivity index (χ1n) is 11.3. The molecule has 0 aromatic rings. The van der Waals surface area contributed by atoms with Crippen molar-refractivity contribution in [3.63, 3.8) is 0 Å². The van der Waals surface area contributed by atoms with E-state index in [1.807, 2.05) is 0 Å². The fourth-order valence-electron chi connectivity index (χ4n) is 8.80. The molecule has 0 aromatic heterocycles.